The highest BCUT2D eigenvalue weighted by atomic mass is 16.3. The minimum absolute atomic E-state index is 0.298. The molecule has 1 aliphatic rings. The highest BCUT2D eigenvalue weighted by Gasteiger charge is 2.31. The van der Waals surface area contributed by atoms with Crippen molar-refractivity contribution in [1.29, 1.82) is 0 Å². The lowest BCUT2D eigenvalue weighted by Crippen LogP contribution is -2.43. The van der Waals surface area contributed by atoms with E-state index in [2.05, 4.69) is 31.2 Å². The molecule has 0 aliphatic carbocycles. The molecule has 1 atom stereocenters. The number of hydrogen-bond acceptors (Lipinski definition) is 4. The Balaban J connectivity index is 2.04. The van der Waals surface area contributed by atoms with E-state index >= 15 is 0 Å². The number of hydrogen-bond donors (Lipinski definition) is 2. The first-order valence-electron chi connectivity index (χ1n) is 8.28. The van der Waals surface area contributed by atoms with Crippen LogP contribution in [-0.4, -0.2) is 29.6 Å². The van der Waals surface area contributed by atoms with Crippen LogP contribution < -0.4 is 5.73 Å². The molecule has 3 rings (SSSR count). The smallest absolute Gasteiger partial charge is 0.191 e. The normalized spacial score (nSPS) is 20.8. The molecule has 0 radical (unpaired) electrons. The Bertz CT molecular complexity index is 789. The maximum atomic E-state index is 9.99. The average Bonchev–Trinajstić information content (AvgIpc) is 2.56. The molecule has 2 aromatic rings. The van der Waals surface area contributed by atoms with Gasteiger partial charge in [0.25, 0.3) is 0 Å². The number of nitrogens with zero attached hydrogens (tertiary/aromatic N) is 2. The molecule has 0 spiro atoms. The maximum Gasteiger partial charge on any atom is 0.191 e. The lowest BCUT2D eigenvalue weighted by atomic mass is 9.86. The summed E-state index contributed by atoms with van der Waals surface area (Å²) >= 11 is 0. The molecule has 1 aliphatic heterocycles. The number of nitrogens with two attached hydrogens (primary N) is 1. The lowest BCUT2D eigenvalue weighted by molar-refractivity contribution is 0.339. The molecule has 4 nitrogen and oxygen atoms in total. The van der Waals surface area contributed by atoms with E-state index in [-0.39, 0.29) is 5.54 Å². The van der Waals surface area contributed by atoms with Gasteiger partial charge in [-0.2, -0.15) is 0 Å². The average molecular weight is 323 g/mol. The summed E-state index contributed by atoms with van der Waals surface area (Å²) in [5, 5.41) is 9.99. The summed E-state index contributed by atoms with van der Waals surface area (Å²) in [6.45, 7) is 6.89. The van der Waals surface area contributed by atoms with Crippen LogP contribution in [0, 0.1) is 13.8 Å². The summed E-state index contributed by atoms with van der Waals surface area (Å²) in [5.41, 5.74) is 10.9. The van der Waals surface area contributed by atoms with Gasteiger partial charge in [-0.25, -0.2) is 4.99 Å². The monoisotopic (exact) mass is 323 g/mol. The van der Waals surface area contributed by atoms with Gasteiger partial charge in [0, 0.05) is 13.6 Å². The van der Waals surface area contributed by atoms with E-state index in [1.165, 1.54) is 5.56 Å². The summed E-state index contributed by atoms with van der Waals surface area (Å²) in [4.78, 5) is 6.71. The van der Waals surface area contributed by atoms with Crippen LogP contribution in [0.1, 0.15) is 30.0 Å². The second-order valence-electron chi connectivity index (χ2n) is 6.95. The van der Waals surface area contributed by atoms with Crippen molar-refractivity contribution in [3.8, 4) is 16.9 Å². The quantitative estimate of drug-likeness (QED) is 0.888. The van der Waals surface area contributed by atoms with Crippen molar-refractivity contribution in [3.63, 3.8) is 0 Å². The van der Waals surface area contributed by atoms with Crippen LogP contribution in [0.25, 0.3) is 11.1 Å². The number of guanidine groups is 1. The van der Waals surface area contributed by atoms with Gasteiger partial charge in [-0.3, -0.25) is 0 Å². The fourth-order valence-corrected chi connectivity index (χ4v) is 3.26. The molecule has 0 aromatic heterocycles. The molecule has 1 unspecified atom stereocenters. The predicted molar refractivity (Wildman–Crippen MR) is 99.2 cm³/mol. The van der Waals surface area contributed by atoms with Crippen molar-refractivity contribution in [2.75, 3.05) is 13.6 Å². The third-order valence-corrected chi connectivity index (χ3v) is 5.00. The van der Waals surface area contributed by atoms with E-state index in [0.717, 1.165) is 35.2 Å². The van der Waals surface area contributed by atoms with Gasteiger partial charge in [0.2, 0.25) is 0 Å². The zero-order valence-electron chi connectivity index (χ0n) is 14.8. The van der Waals surface area contributed by atoms with Gasteiger partial charge in [0.1, 0.15) is 5.75 Å². The van der Waals surface area contributed by atoms with Crippen molar-refractivity contribution < 1.29 is 5.11 Å². The Morgan fingerprint density at radius 2 is 1.79 bits per heavy atom. The second kappa shape index (κ2) is 5.86. The van der Waals surface area contributed by atoms with E-state index in [1.54, 1.807) is 0 Å². The summed E-state index contributed by atoms with van der Waals surface area (Å²) < 4.78 is 0. The molecule has 2 aromatic carbocycles. The van der Waals surface area contributed by atoms with E-state index in [4.69, 9.17) is 10.7 Å². The molecular weight excluding hydrogens is 298 g/mol. The largest absolute Gasteiger partial charge is 0.507 e. The number of benzene rings is 2. The summed E-state index contributed by atoms with van der Waals surface area (Å²) in [6.07, 6.45) is 0.932. The fourth-order valence-electron chi connectivity index (χ4n) is 3.26. The van der Waals surface area contributed by atoms with Crippen LogP contribution >= 0.6 is 0 Å². The highest BCUT2D eigenvalue weighted by molar-refractivity contribution is 5.79. The summed E-state index contributed by atoms with van der Waals surface area (Å²) in [5.74, 6) is 0.958. The van der Waals surface area contributed by atoms with E-state index < -0.39 is 0 Å². The van der Waals surface area contributed by atoms with E-state index in [0.29, 0.717) is 11.7 Å². The number of rotatable bonds is 2. The molecule has 0 amide bonds. The van der Waals surface area contributed by atoms with Crippen molar-refractivity contribution in [2.45, 2.75) is 32.7 Å². The van der Waals surface area contributed by atoms with Crippen LogP contribution in [0.3, 0.4) is 0 Å². The standard InChI is InChI=1S/C20H25N3O/c1-13-10-16(11-14(2)18(13)24)15-6-5-7-17(12-15)20(3)8-9-23(4)19(21)22-20/h5-7,10-12,24H,8-9H2,1-4H3,(H2,21,22). The summed E-state index contributed by atoms with van der Waals surface area (Å²) in [6, 6.07) is 12.5. The number of aromatic hydroxyl groups is 1. The highest BCUT2D eigenvalue weighted by Crippen LogP contribution is 2.35. The van der Waals surface area contributed by atoms with Crippen molar-refractivity contribution >= 4 is 5.96 Å². The van der Waals surface area contributed by atoms with Gasteiger partial charge in [-0.05, 0) is 73.2 Å². The third-order valence-electron chi connectivity index (χ3n) is 5.00. The molecule has 4 heteroatoms. The summed E-state index contributed by atoms with van der Waals surface area (Å²) in [7, 11) is 1.97. The minimum atomic E-state index is -0.298. The molecule has 24 heavy (non-hydrogen) atoms. The molecular formula is C20H25N3O. The third kappa shape index (κ3) is 2.84. The Labute approximate surface area is 143 Å². The van der Waals surface area contributed by atoms with Gasteiger partial charge in [-0.15, -0.1) is 0 Å². The topological polar surface area (TPSA) is 61.8 Å². The van der Waals surface area contributed by atoms with Gasteiger partial charge in [0.05, 0.1) is 5.54 Å². The lowest BCUT2D eigenvalue weighted by Gasteiger charge is -2.35. The predicted octanol–water partition coefficient (Wildman–Crippen LogP) is 3.54. The first-order chi connectivity index (χ1) is 11.3. The second-order valence-corrected chi connectivity index (χ2v) is 6.95. The molecule has 3 N–H and O–H groups in total. The Morgan fingerprint density at radius 3 is 2.42 bits per heavy atom. The molecule has 0 fully saturated rings. The number of phenolic OH excluding ortho intramolecular Hbond substituents is 1. The maximum absolute atomic E-state index is 9.99. The Kier molecular flexibility index (Phi) is 3.99. The SMILES string of the molecule is Cc1cc(-c2cccc(C3(C)CCN(C)C(N)=N3)c2)cc(C)c1O. The fraction of sp³-hybridized carbons (Fsp3) is 0.350. The number of aryl methyl sites for hydroxylation is 2. The van der Waals surface area contributed by atoms with E-state index in [1.807, 2.05) is 37.9 Å². The number of phenols is 1. The zero-order valence-corrected chi connectivity index (χ0v) is 14.8. The van der Waals surface area contributed by atoms with Crippen molar-refractivity contribution in [2.24, 2.45) is 10.7 Å². The van der Waals surface area contributed by atoms with E-state index in [9.17, 15) is 5.11 Å². The van der Waals surface area contributed by atoms with Gasteiger partial charge in [-0.1, -0.05) is 18.2 Å². The van der Waals surface area contributed by atoms with Crippen LogP contribution in [0.5, 0.6) is 5.75 Å². The van der Waals surface area contributed by atoms with Gasteiger partial charge < -0.3 is 15.7 Å². The Morgan fingerprint density at radius 1 is 1.12 bits per heavy atom. The van der Waals surface area contributed by atoms with Crippen LogP contribution in [0.15, 0.2) is 41.4 Å². The first kappa shape index (κ1) is 16.4. The van der Waals surface area contributed by atoms with Crippen molar-refractivity contribution in [1.82, 2.24) is 4.90 Å². The van der Waals surface area contributed by atoms with Crippen molar-refractivity contribution in [3.05, 3.63) is 53.1 Å². The van der Waals surface area contributed by atoms with Crippen LogP contribution in [0.2, 0.25) is 0 Å². The number of aliphatic imine (C=N–C) groups is 1. The molecule has 0 bridgehead atoms. The molecule has 0 saturated heterocycles. The van der Waals surface area contributed by atoms with Gasteiger partial charge in [0.15, 0.2) is 5.96 Å². The van der Waals surface area contributed by atoms with Crippen LogP contribution in [-0.2, 0) is 5.54 Å². The zero-order chi connectivity index (χ0) is 17.5. The molecule has 126 valence electrons. The molecule has 0 saturated carbocycles. The van der Waals surface area contributed by atoms with Gasteiger partial charge >= 0.3 is 0 Å². The molecule has 1 heterocycles. The van der Waals surface area contributed by atoms with Crippen LogP contribution in [0.4, 0.5) is 0 Å². The first-order valence-corrected chi connectivity index (χ1v) is 8.28. The minimum Gasteiger partial charge on any atom is -0.507 e. The Hall–Kier alpha value is -2.49.